The van der Waals surface area contributed by atoms with E-state index < -0.39 is 11.4 Å². The highest BCUT2D eigenvalue weighted by Gasteiger charge is 2.66. The fourth-order valence-corrected chi connectivity index (χ4v) is 3.82. The highest BCUT2D eigenvalue weighted by Crippen LogP contribution is 2.59. The molecule has 3 atom stereocenters. The molecule has 0 radical (unpaired) electrons. The molecule has 1 aromatic heterocycles. The molecule has 1 saturated heterocycles. The fourth-order valence-electron chi connectivity index (χ4n) is 3.82. The van der Waals surface area contributed by atoms with Crippen LogP contribution < -0.4 is 11.1 Å². The molecule has 0 bridgehead atoms. The van der Waals surface area contributed by atoms with E-state index in [2.05, 4.69) is 10.3 Å². The minimum atomic E-state index is -0.664. The molecular formula is C15H16N4O3. The third kappa shape index (κ3) is 1.74. The molecule has 0 aromatic carbocycles. The number of primary amides is 1. The predicted molar refractivity (Wildman–Crippen MR) is 75.4 cm³/mol. The first-order valence-corrected chi connectivity index (χ1v) is 7.40. The Morgan fingerprint density at radius 1 is 1.45 bits per heavy atom. The Bertz CT molecular complexity index is 687. The maximum Gasteiger partial charge on any atom is 0.325 e. The number of carbonyl (C=O) groups excluding carboxylic acids is 3. The van der Waals surface area contributed by atoms with Crippen molar-refractivity contribution in [1.82, 2.24) is 15.2 Å². The lowest BCUT2D eigenvalue weighted by atomic mass is 9.93. The van der Waals surface area contributed by atoms with Gasteiger partial charge in [-0.1, -0.05) is 6.07 Å². The van der Waals surface area contributed by atoms with E-state index in [1.165, 1.54) is 17.2 Å². The Labute approximate surface area is 126 Å². The van der Waals surface area contributed by atoms with Crippen molar-refractivity contribution < 1.29 is 14.4 Å². The van der Waals surface area contributed by atoms with E-state index >= 15 is 0 Å². The zero-order valence-electron chi connectivity index (χ0n) is 11.9. The fraction of sp³-hybridized carbons (Fsp3) is 0.467. The molecule has 3 aliphatic rings. The van der Waals surface area contributed by atoms with Gasteiger partial charge in [-0.15, -0.1) is 0 Å². The van der Waals surface area contributed by atoms with Gasteiger partial charge in [-0.05, 0) is 42.7 Å². The van der Waals surface area contributed by atoms with Gasteiger partial charge in [0.25, 0.3) is 11.8 Å². The Hall–Kier alpha value is -2.44. The van der Waals surface area contributed by atoms with Crippen LogP contribution in [-0.4, -0.2) is 33.3 Å². The summed E-state index contributed by atoms with van der Waals surface area (Å²) in [7, 11) is 0. The maximum atomic E-state index is 12.7. The van der Waals surface area contributed by atoms with Crippen molar-refractivity contribution in [3.8, 4) is 0 Å². The number of fused-ring (bicyclic) bond motifs is 2. The standard InChI is InChI=1S/C15H16N4O3/c16-12(20)11-2-1-8(6-17-11)7-19-13(21)15(18-14(19)22)4-3-9-5-10(9)15/h1-2,6,9-10H,3-5,7H2,(H2,16,20)(H,18,22). The van der Waals surface area contributed by atoms with Crippen LogP contribution in [0.1, 0.15) is 35.3 Å². The first-order valence-electron chi connectivity index (χ1n) is 7.40. The number of carbonyl (C=O) groups is 3. The topological polar surface area (TPSA) is 105 Å². The number of pyridine rings is 1. The normalized spacial score (nSPS) is 32.3. The molecule has 3 N–H and O–H groups in total. The number of imide groups is 1. The number of urea groups is 1. The summed E-state index contributed by atoms with van der Waals surface area (Å²) in [5.41, 5.74) is 5.33. The number of aromatic nitrogens is 1. The van der Waals surface area contributed by atoms with Gasteiger partial charge in [-0.25, -0.2) is 4.79 Å². The Morgan fingerprint density at radius 3 is 2.82 bits per heavy atom. The molecular weight excluding hydrogens is 284 g/mol. The van der Waals surface area contributed by atoms with Crippen molar-refractivity contribution in [2.45, 2.75) is 31.3 Å². The number of hydrogen-bond acceptors (Lipinski definition) is 4. The van der Waals surface area contributed by atoms with Crippen molar-refractivity contribution in [1.29, 1.82) is 0 Å². The Kier molecular flexibility index (Phi) is 2.58. The van der Waals surface area contributed by atoms with Crippen molar-refractivity contribution in [3.63, 3.8) is 0 Å². The highest BCUT2D eigenvalue weighted by molar-refractivity contribution is 6.07. The summed E-state index contributed by atoms with van der Waals surface area (Å²) in [6.07, 6.45) is 4.26. The Balaban J connectivity index is 1.54. The average molecular weight is 300 g/mol. The van der Waals surface area contributed by atoms with Crippen molar-refractivity contribution >= 4 is 17.8 Å². The lowest BCUT2D eigenvalue weighted by Gasteiger charge is -2.22. The van der Waals surface area contributed by atoms with Gasteiger partial charge in [0.05, 0.1) is 6.54 Å². The van der Waals surface area contributed by atoms with Crippen LogP contribution in [0.5, 0.6) is 0 Å². The van der Waals surface area contributed by atoms with Gasteiger partial charge in [0.1, 0.15) is 11.2 Å². The molecule has 2 aliphatic carbocycles. The third-order valence-corrected chi connectivity index (χ3v) is 5.08. The van der Waals surface area contributed by atoms with E-state index in [1.54, 1.807) is 6.07 Å². The van der Waals surface area contributed by atoms with Gasteiger partial charge in [0.2, 0.25) is 0 Å². The molecule has 4 rings (SSSR count). The highest BCUT2D eigenvalue weighted by atomic mass is 16.2. The largest absolute Gasteiger partial charge is 0.364 e. The van der Waals surface area contributed by atoms with Crippen molar-refractivity contribution in [3.05, 3.63) is 29.6 Å². The lowest BCUT2D eigenvalue weighted by molar-refractivity contribution is -0.132. The molecule has 1 aromatic rings. The molecule has 4 amide bonds. The molecule has 7 nitrogen and oxygen atoms in total. The first kappa shape index (κ1) is 13.2. The van der Waals surface area contributed by atoms with Gasteiger partial charge in [-0.3, -0.25) is 19.5 Å². The SMILES string of the molecule is NC(=O)c1ccc(CN2C(=O)NC3(CCC4CC43)C2=O)cn1. The summed E-state index contributed by atoms with van der Waals surface area (Å²) in [5.74, 6) is 0.178. The number of amides is 4. The molecule has 114 valence electrons. The third-order valence-electron chi connectivity index (χ3n) is 5.08. The smallest absolute Gasteiger partial charge is 0.325 e. The first-order chi connectivity index (χ1) is 10.5. The molecule has 1 spiro atoms. The van der Waals surface area contributed by atoms with Crippen LogP contribution in [-0.2, 0) is 11.3 Å². The lowest BCUT2D eigenvalue weighted by Crippen LogP contribution is -2.47. The van der Waals surface area contributed by atoms with E-state index in [9.17, 15) is 14.4 Å². The van der Waals surface area contributed by atoms with Crippen molar-refractivity contribution in [2.24, 2.45) is 17.6 Å². The van der Waals surface area contributed by atoms with E-state index in [1.807, 2.05) is 0 Å². The van der Waals surface area contributed by atoms with Crippen LogP contribution in [0.2, 0.25) is 0 Å². The van der Waals surface area contributed by atoms with Crippen LogP contribution >= 0.6 is 0 Å². The molecule has 1 aliphatic heterocycles. The van der Waals surface area contributed by atoms with Gasteiger partial charge < -0.3 is 11.1 Å². The average Bonchev–Trinajstić information content (AvgIpc) is 3.16. The number of hydrogen-bond donors (Lipinski definition) is 2. The predicted octanol–water partition coefficient (Wildman–Crippen LogP) is 0.401. The zero-order chi connectivity index (χ0) is 15.5. The van der Waals surface area contributed by atoms with Crippen LogP contribution in [0, 0.1) is 11.8 Å². The second-order valence-corrected chi connectivity index (χ2v) is 6.35. The zero-order valence-corrected chi connectivity index (χ0v) is 11.9. The molecule has 3 fully saturated rings. The van der Waals surface area contributed by atoms with E-state index in [0.29, 0.717) is 17.4 Å². The quantitative estimate of drug-likeness (QED) is 0.788. The van der Waals surface area contributed by atoms with E-state index in [4.69, 9.17) is 5.73 Å². The summed E-state index contributed by atoms with van der Waals surface area (Å²) < 4.78 is 0. The number of nitrogens with two attached hydrogens (primary N) is 1. The second-order valence-electron chi connectivity index (χ2n) is 6.35. The molecule has 22 heavy (non-hydrogen) atoms. The minimum absolute atomic E-state index is 0.124. The summed E-state index contributed by atoms with van der Waals surface area (Å²) >= 11 is 0. The Morgan fingerprint density at radius 2 is 2.27 bits per heavy atom. The van der Waals surface area contributed by atoms with Crippen LogP contribution in [0.15, 0.2) is 18.3 Å². The monoisotopic (exact) mass is 300 g/mol. The summed E-state index contributed by atoms with van der Waals surface area (Å²) in [5, 5.41) is 2.91. The molecule has 2 saturated carbocycles. The van der Waals surface area contributed by atoms with Crippen LogP contribution in [0.4, 0.5) is 4.79 Å². The van der Waals surface area contributed by atoms with Gasteiger partial charge >= 0.3 is 6.03 Å². The number of rotatable bonds is 3. The summed E-state index contributed by atoms with van der Waals surface area (Å²) in [6.45, 7) is 0.163. The van der Waals surface area contributed by atoms with E-state index in [-0.39, 0.29) is 24.2 Å². The van der Waals surface area contributed by atoms with Crippen molar-refractivity contribution in [2.75, 3.05) is 0 Å². The molecule has 3 unspecified atom stereocenters. The maximum absolute atomic E-state index is 12.7. The molecule has 2 heterocycles. The van der Waals surface area contributed by atoms with Crippen LogP contribution in [0.3, 0.4) is 0 Å². The van der Waals surface area contributed by atoms with Gasteiger partial charge in [0.15, 0.2) is 0 Å². The summed E-state index contributed by atoms with van der Waals surface area (Å²) in [4.78, 5) is 41.1. The van der Waals surface area contributed by atoms with Gasteiger partial charge in [-0.2, -0.15) is 0 Å². The minimum Gasteiger partial charge on any atom is -0.364 e. The molecule has 7 heteroatoms. The van der Waals surface area contributed by atoms with E-state index in [0.717, 1.165) is 19.3 Å². The van der Waals surface area contributed by atoms with Crippen LogP contribution in [0.25, 0.3) is 0 Å². The number of nitrogens with zero attached hydrogens (tertiary/aromatic N) is 2. The second kappa shape index (κ2) is 4.28. The number of nitrogens with one attached hydrogen (secondary N) is 1. The summed E-state index contributed by atoms with van der Waals surface area (Å²) in [6, 6.07) is 2.82. The van der Waals surface area contributed by atoms with Gasteiger partial charge in [0, 0.05) is 6.20 Å².